The van der Waals surface area contributed by atoms with Crippen molar-refractivity contribution in [2.75, 3.05) is 11.6 Å². The Kier molecular flexibility index (Phi) is 2.92. The molecule has 0 unspecified atom stereocenters. The van der Waals surface area contributed by atoms with E-state index in [1.807, 2.05) is 0 Å². The van der Waals surface area contributed by atoms with Crippen LogP contribution < -0.4 is 5.32 Å². The predicted octanol–water partition coefficient (Wildman–Crippen LogP) is -0.744. The van der Waals surface area contributed by atoms with Crippen LogP contribution in [0.25, 0.3) is 0 Å². The van der Waals surface area contributed by atoms with Crippen LogP contribution in [0.4, 0.5) is 0 Å². The van der Waals surface area contributed by atoms with Crippen molar-refractivity contribution in [2.45, 2.75) is 18.9 Å². The SMILES string of the molecule is O=C(ON1C(=O)CCC1=O)[C@@H]1CSCN1. The number of hydrogen-bond donors (Lipinski definition) is 1. The summed E-state index contributed by atoms with van der Waals surface area (Å²) in [5.41, 5.74) is 0. The van der Waals surface area contributed by atoms with Gasteiger partial charge in [0, 0.05) is 24.5 Å². The van der Waals surface area contributed by atoms with Crippen LogP contribution in [0.5, 0.6) is 0 Å². The van der Waals surface area contributed by atoms with Gasteiger partial charge in [0.15, 0.2) is 0 Å². The summed E-state index contributed by atoms with van der Waals surface area (Å²) in [7, 11) is 0. The van der Waals surface area contributed by atoms with Gasteiger partial charge in [-0.1, -0.05) is 0 Å². The average Bonchev–Trinajstić information content (AvgIpc) is 2.82. The second kappa shape index (κ2) is 4.19. The molecule has 0 aliphatic carbocycles. The maximum atomic E-state index is 11.4. The summed E-state index contributed by atoms with van der Waals surface area (Å²) in [5.74, 6) is -0.168. The molecule has 1 N–H and O–H groups in total. The van der Waals surface area contributed by atoms with Gasteiger partial charge in [-0.2, -0.15) is 0 Å². The van der Waals surface area contributed by atoms with Crippen LogP contribution in [-0.4, -0.2) is 40.5 Å². The lowest BCUT2D eigenvalue weighted by atomic mass is 10.3. The van der Waals surface area contributed by atoms with Crippen LogP contribution in [0.15, 0.2) is 0 Å². The van der Waals surface area contributed by atoms with E-state index in [2.05, 4.69) is 5.32 Å². The lowest BCUT2D eigenvalue weighted by Gasteiger charge is -2.15. The zero-order chi connectivity index (χ0) is 10.8. The number of hydroxylamine groups is 2. The van der Waals surface area contributed by atoms with Crippen LogP contribution in [0.1, 0.15) is 12.8 Å². The fraction of sp³-hybridized carbons (Fsp3) is 0.625. The molecule has 2 amide bonds. The Morgan fingerprint density at radius 1 is 1.40 bits per heavy atom. The maximum Gasteiger partial charge on any atom is 0.350 e. The molecule has 0 aromatic carbocycles. The van der Waals surface area contributed by atoms with Crippen molar-refractivity contribution in [3.63, 3.8) is 0 Å². The molecule has 0 bridgehead atoms. The van der Waals surface area contributed by atoms with E-state index in [0.717, 1.165) is 0 Å². The van der Waals surface area contributed by atoms with Crippen molar-refractivity contribution in [1.82, 2.24) is 10.4 Å². The number of imide groups is 1. The molecule has 2 fully saturated rings. The van der Waals surface area contributed by atoms with Gasteiger partial charge >= 0.3 is 5.97 Å². The summed E-state index contributed by atoms with van der Waals surface area (Å²) in [4.78, 5) is 38.5. The molecule has 0 saturated carbocycles. The van der Waals surface area contributed by atoms with E-state index in [1.165, 1.54) is 0 Å². The molecule has 15 heavy (non-hydrogen) atoms. The molecule has 0 aromatic rings. The highest BCUT2D eigenvalue weighted by atomic mass is 32.2. The highest BCUT2D eigenvalue weighted by Gasteiger charge is 2.35. The van der Waals surface area contributed by atoms with Gasteiger partial charge in [0.25, 0.3) is 11.8 Å². The molecule has 2 aliphatic heterocycles. The molecule has 0 spiro atoms. The van der Waals surface area contributed by atoms with Gasteiger partial charge < -0.3 is 4.84 Å². The smallest absolute Gasteiger partial charge is 0.329 e. The minimum absolute atomic E-state index is 0.124. The largest absolute Gasteiger partial charge is 0.350 e. The maximum absolute atomic E-state index is 11.4. The topological polar surface area (TPSA) is 75.7 Å². The second-order valence-electron chi connectivity index (χ2n) is 3.26. The third-order valence-corrected chi connectivity index (χ3v) is 3.13. The summed E-state index contributed by atoms with van der Waals surface area (Å²) in [6.07, 6.45) is 0.248. The van der Waals surface area contributed by atoms with Crippen LogP contribution in [0.3, 0.4) is 0 Å². The van der Waals surface area contributed by atoms with Crippen LogP contribution in [-0.2, 0) is 19.2 Å². The number of hydrogen-bond acceptors (Lipinski definition) is 6. The quantitative estimate of drug-likeness (QED) is 0.629. The monoisotopic (exact) mass is 230 g/mol. The number of carbonyl (C=O) groups excluding carboxylic acids is 3. The summed E-state index contributed by atoms with van der Waals surface area (Å²) < 4.78 is 0. The molecular formula is C8H10N2O4S. The molecule has 6 nitrogen and oxygen atoms in total. The van der Waals surface area contributed by atoms with Gasteiger partial charge in [0.1, 0.15) is 6.04 Å². The van der Waals surface area contributed by atoms with Crippen molar-refractivity contribution >= 4 is 29.5 Å². The predicted molar refractivity (Wildman–Crippen MR) is 51.4 cm³/mol. The third-order valence-electron chi connectivity index (χ3n) is 2.19. The van der Waals surface area contributed by atoms with Crippen molar-refractivity contribution in [3.8, 4) is 0 Å². The lowest BCUT2D eigenvalue weighted by Crippen LogP contribution is -2.41. The van der Waals surface area contributed by atoms with Crippen molar-refractivity contribution < 1.29 is 19.2 Å². The number of thioether (sulfide) groups is 1. The van der Waals surface area contributed by atoms with E-state index >= 15 is 0 Å². The fourth-order valence-electron chi connectivity index (χ4n) is 1.36. The first kappa shape index (κ1) is 10.4. The Morgan fingerprint density at radius 3 is 2.60 bits per heavy atom. The minimum Gasteiger partial charge on any atom is -0.329 e. The Bertz CT molecular complexity index is 298. The van der Waals surface area contributed by atoms with Gasteiger partial charge in [0.2, 0.25) is 0 Å². The molecule has 2 saturated heterocycles. The first-order valence-corrected chi connectivity index (χ1v) is 5.72. The third kappa shape index (κ3) is 2.13. The van der Waals surface area contributed by atoms with E-state index in [0.29, 0.717) is 16.7 Å². The van der Waals surface area contributed by atoms with Gasteiger partial charge in [-0.25, -0.2) is 4.79 Å². The summed E-state index contributed by atoms with van der Waals surface area (Å²) in [6.45, 7) is 0. The minimum atomic E-state index is -0.566. The van der Waals surface area contributed by atoms with Gasteiger partial charge in [-0.15, -0.1) is 16.8 Å². The van der Waals surface area contributed by atoms with Crippen molar-refractivity contribution in [2.24, 2.45) is 0 Å². The number of amides is 2. The van der Waals surface area contributed by atoms with Crippen LogP contribution >= 0.6 is 11.8 Å². The summed E-state index contributed by atoms with van der Waals surface area (Å²) in [6, 6.07) is -0.420. The molecule has 2 aliphatic rings. The summed E-state index contributed by atoms with van der Waals surface area (Å²) >= 11 is 1.57. The van der Waals surface area contributed by atoms with E-state index in [-0.39, 0.29) is 12.8 Å². The Balaban J connectivity index is 1.93. The number of nitrogens with zero attached hydrogens (tertiary/aromatic N) is 1. The van der Waals surface area contributed by atoms with Crippen molar-refractivity contribution in [3.05, 3.63) is 0 Å². The molecule has 0 radical (unpaired) electrons. The molecule has 2 rings (SSSR count). The van der Waals surface area contributed by atoms with Gasteiger partial charge in [0.05, 0.1) is 0 Å². The van der Waals surface area contributed by atoms with Crippen molar-refractivity contribution in [1.29, 1.82) is 0 Å². The van der Waals surface area contributed by atoms with Crippen LogP contribution in [0.2, 0.25) is 0 Å². The van der Waals surface area contributed by atoms with E-state index < -0.39 is 23.8 Å². The number of nitrogens with one attached hydrogen (secondary N) is 1. The molecule has 2 heterocycles. The van der Waals surface area contributed by atoms with Gasteiger partial charge in [-0.05, 0) is 0 Å². The lowest BCUT2D eigenvalue weighted by molar-refractivity contribution is -0.198. The molecule has 7 heteroatoms. The molecular weight excluding hydrogens is 220 g/mol. The fourth-order valence-corrected chi connectivity index (χ4v) is 2.28. The highest BCUT2D eigenvalue weighted by Crippen LogP contribution is 2.15. The van der Waals surface area contributed by atoms with E-state index in [1.54, 1.807) is 11.8 Å². The molecule has 0 aromatic heterocycles. The Morgan fingerprint density at radius 2 is 2.07 bits per heavy atom. The number of rotatable bonds is 2. The number of carbonyl (C=O) groups is 3. The first-order valence-electron chi connectivity index (χ1n) is 4.57. The zero-order valence-corrected chi connectivity index (χ0v) is 8.71. The first-order chi connectivity index (χ1) is 7.18. The highest BCUT2D eigenvalue weighted by molar-refractivity contribution is 7.99. The van der Waals surface area contributed by atoms with Crippen LogP contribution in [0, 0.1) is 0 Å². The summed E-state index contributed by atoms with van der Waals surface area (Å²) in [5, 5.41) is 3.48. The van der Waals surface area contributed by atoms with E-state index in [4.69, 9.17) is 4.84 Å². The molecule has 1 atom stereocenters. The second-order valence-corrected chi connectivity index (χ2v) is 4.29. The Hall–Kier alpha value is -1.08. The average molecular weight is 230 g/mol. The normalized spacial score (nSPS) is 26.1. The van der Waals surface area contributed by atoms with E-state index in [9.17, 15) is 14.4 Å². The standard InChI is InChI=1S/C8H10N2O4S/c11-6-1-2-7(12)10(6)14-8(13)5-3-15-4-9-5/h5,9H,1-4H2/t5-/m0/s1. The Labute approximate surface area is 90.3 Å². The van der Waals surface area contributed by atoms with Gasteiger partial charge in [-0.3, -0.25) is 14.9 Å². The zero-order valence-electron chi connectivity index (χ0n) is 7.89. The molecule has 82 valence electrons.